The maximum Gasteiger partial charge on any atom is 0.0543 e. The van der Waals surface area contributed by atoms with Gasteiger partial charge in [0.05, 0.1) is 6.10 Å². The molecule has 0 heterocycles. The van der Waals surface area contributed by atoms with Crippen molar-refractivity contribution >= 4 is 0 Å². The lowest BCUT2D eigenvalue weighted by Crippen LogP contribution is -2.48. The smallest absolute Gasteiger partial charge is 0.0543 e. The molecule has 0 bridgehead atoms. The molecule has 0 saturated heterocycles. The van der Waals surface area contributed by atoms with Gasteiger partial charge < -0.3 is 5.11 Å². The predicted molar refractivity (Wildman–Crippen MR) is 128 cm³/mol. The molecule has 0 unspecified atom stereocenters. The maximum atomic E-state index is 10.3. The van der Waals surface area contributed by atoms with E-state index in [0.717, 1.165) is 48.3 Å². The fourth-order valence-electron chi connectivity index (χ4n) is 9.11. The summed E-state index contributed by atoms with van der Waals surface area (Å²) in [6, 6.07) is 0. The van der Waals surface area contributed by atoms with Crippen LogP contribution in [-0.4, -0.2) is 11.2 Å². The number of allylic oxidation sites excluding steroid dienone is 2. The molecule has 4 aliphatic rings. The summed E-state index contributed by atoms with van der Waals surface area (Å²) in [5, 5.41) is 10.3. The van der Waals surface area contributed by atoms with Crippen molar-refractivity contribution < 1.29 is 5.11 Å². The fraction of sp³-hybridized carbons (Fsp3) is 0.931. The number of hydrogen-bond acceptors (Lipinski definition) is 1. The third-order valence-corrected chi connectivity index (χ3v) is 11.2. The van der Waals surface area contributed by atoms with Crippen molar-refractivity contribution in [3.63, 3.8) is 0 Å². The van der Waals surface area contributed by atoms with Crippen LogP contribution in [0.1, 0.15) is 119 Å². The molecule has 1 heteroatoms. The van der Waals surface area contributed by atoms with Gasteiger partial charge in [0.2, 0.25) is 0 Å². The van der Waals surface area contributed by atoms with Crippen LogP contribution in [0.15, 0.2) is 11.1 Å². The molecule has 30 heavy (non-hydrogen) atoms. The summed E-state index contributed by atoms with van der Waals surface area (Å²) in [6.07, 6.45) is 15.9. The van der Waals surface area contributed by atoms with Gasteiger partial charge in [0.1, 0.15) is 0 Å². The molecule has 0 aromatic heterocycles. The van der Waals surface area contributed by atoms with Crippen LogP contribution in [0.2, 0.25) is 0 Å². The van der Waals surface area contributed by atoms with Crippen molar-refractivity contribution in [2.24, 2.45) is 46.3 Å². The van der Waals surface area contributed by atoms with Crippen LogP contribution in [0, 0.1) is 46.3 Å². The fourth-order valence-corrected chi connectivity index (χ4v) is 9.11. The van der Waals surface area contributed by atoms with Gasteiger partial charge in [0, 0.05) is 0 Å². The Labute approximate surface area is 187 Å². The van der Waals surface area contributed by atoms with Crippen LogP contribution in [0.4, 0.5) is 0 Å². The Bertz CT molecular complexity index is 647. The molecule has 4 rings (SSSR count). The van der Waals surface area contributed by atoms with E-state index < -0.39 is 0 Å². The van der Waals surface area contributed by atoms with Gasteiger partial charge in [-0.1, -0.05) is 65.5 Å². The van der Waals surface area contributed by atoms with Gasteiger partial charge in [-0.25, -0.2) is 0 Å². The Morgan fingerprint density at radius 2 is 1.73 bits per heavy atom. The molecular formula is C29H50O. The van der Waals surface area contributed by atoms with Crippen molar-refractivity contribution in [1.82, 2.24) is 0 Å². The second-order valence-electron chi connectivity index (χ2n) is 12.8. The van der Waals surface area contributed by atoms with E-state index in [-0.39, 0.29) is 6.10 Å². The number of hydrogen-bond donors (Lipinski definition) is 1. The molecule has 3 saturated carbocycles. The Balaban J connectivity index is 1.52. The molecule has 8 atom stereocenters. The second kappa shape index (κ2) is 8.57. The predicted octanol–water partition coefficient (Wildman–Crippen LogP) is 8.17. The summed E-state index contributed by atoms with van der Waals surface area (Å²) in [6.45, 7) is 15.1. The molecule has 1 nitrogen and oxygen atoms in total. The quantitative estimate of drug-likeness (QED) is 0.434. The van der Waals surface area contributed by atoms with Crippen molar-refractivity contribution in [3.05, 3.63) is 11.1 Å². The highest BCUT2D eigenvalue weighted by atomic mass is 16.3. The van der Waals surface area contributed by atoms with Crippen LogP contribution >= 0.6 is 0 Å². The summed E-state index contributed by atoms with van der Waals surface area (Å²) >= 11 is 0. The van der Waals surface area contributed by atoms with Gasteiger partial charge in [-0.05, 0) is 111 Å². The standard InChI is InChI=1S/C29H50O/c1-7-21(19(2)3)9-8-20(4)25-12-13-26-24-11-10-22-18-23(30)14-16-28(22,5)27(24)15-17-29(25,26)6/h19-23,25,27,30H,7-18H2,1-6H3/t20-,21-,22+,23-,25+,27-,28+,29-/m1/s1. The molecule has 0 radical (unpaired) electrons. The zero-order chi connectivity index (χ0) is 21.7. The first-order valence-corrected chi connectivity index (χ1v) is 13.6. The summed E-state index contributed by atoms with van der Waals surface area (Å²) in [7, 11) is 0. The molecule has 1 N–H and O–H groups in total. The Kier molecular flexibility index (Phi) is 6.53. The number of aliphatic hydroxyl groups is 1. The highest BCUT2D eigenvalue weighted by Crippen LogP contribution is 2.65. The first-order valence-electron chi connectivity index (χ1n) is 13.6. The molecular weight excluding hydrogens is 364 g/mol. The van der Waals surface area contributed by atoms with Crippen molar-refractivity contribution in [2.45, 2.75) is 125 Å². The lowest BCUT2D eigenvalue weighted by molar-refractivity contribution is -0.0381. The Morgan fingerprint density at radius 3 is 2.43 bits per heavy atom. The minimum absolute atomic E-state index is 0.0272. The minimum Gasteiger partial charge on any atom is -0.393 e. The highest BCUT2D eigenvalue weighted by Gasteiger charge is 2.55. The average Bonchev–Trinajstić information content (AvgIpc) is 3.06. The molecule has 3 fully saturated rings. The van der Waals surface area contributed by atoms with Crippen LogP contribution in [0.5, 0.6) is 0 Å². The van der Waals surface area contributed by atoms with E-state index in [1.807, 2.05) is 11.1 Å². The summed E-state index contributed by atoms with van der Waals surface area (Å²) in [5.41, 5.74) is 4.80. The maximum absolute atomic E-state index is 10.3. The van der Waals surface area contributed by atoms with E-state index in [1.165, 1.54) is 64.2 Å². The van der Waals surface area contributed by atoms with Crippen LogP contribution in [0.25, 0.3) is 0 Å². The summed E-state index contributed by atoms with van der Waals surface area (Å²) in [5.74, 6) is 5.11. The number of rotatable bonds is 6. The Morgan fingerprint density at radius 1 is 0.967 bits per heavy atom. The zero-order valence-electron chi connectivity index (χ0n) is 21.0. The van der Waals surface area contributed by atoms with E-state index in [0.29, 0.717) is 10.8 Å². The van der Waals surface area contributed by atoms with Crippen LogP contribution < -0.4 is 0 Å². The molecule has 0 aliphatic heterocycles. The lowest BCUT2D eigenvalue weighted by atomic mass is 9.49. The normalized spacial score (nSPS) is 43.2. The highest BCUT2D eigenvalue weighted by molar-refractivity contribution is 5.34. The number of fused-ring (bicyclic) bond motifs is 4. The lowest BCUT2D eigenvalue weighted by Gasteiger charge is -2.56. The van der Waals surface area contributed by atoms with Gasteiger partial charge in [0.15, 0.2) is 0 Å². The van der Waals surface area contributed by atoms with Crippen LogP contribution in [-0.2, 0) is 0 Å². The third-order valence-electron chi connectivity index (χ3n) is 11.2. The SMILES string of the molecule is CC[C@H](CC[C@@H](C)[C@@H]1CCC2=C3CC[C@H]4C[C@H](O)CC[C@]4(C)[C@@H]3CC[C@@]21C)C(C)C. The third kappa shape index (κ3) is 3.74. The van der Waals surface area contributed by atoms with Crippen molar-refractivity contribution in [3.8, 4) is 0 Å². The van der Waals surface area contributed by atoms with E-state index in [1.54, 1.807) is 0 Å². The second-order valence-corrected chi connectivity index (χ2v) is 12.8. The molecule has 0 aromatic carbocycles. The van der Waals surface area contributed by atoms with Gasteiger partial charge in [-0.2, -0.15) is 0 Å². The van der Waals surface area contributed by atoms with Crippen molar-refractivity contribution in [2.75, 3.05) is 0 Å². The summed E-state index contributed by atoms with van der Waals surface area (Å²) in [4.78, 5) is 0. The van der Waals surface area contributed by atoms with E-state index in [9.17, 15) is 5.11 Å². The van der Waals surface area contributed by atoms with Crippen LogP contribution in [0.3, 0.4) is 0 Å². The molecule has 0 spiro atoms. The minimum atomic E-state index is -0.0272. The number of aliphatic hydroxyl groups excluding tert-OH is 1. The van der Waals surface area contributed by atoms with E-state index >= 15 is 0 Å². The first kappa shape index (κ1) is 22.9. The average molecular weight is 415 g/mol. The molecule has 4 aliphatic carbocycles. The Hall–Kier alpha value is -0.300. The zero-order valence-corrected chi connectivity index (χ0v) is 21.0. The summed E-state index contributed by atoms with van der Waals surface area (Å²) < 4.78 is 0. The first-order chi connectivity index (χ1) is 14.2. The van der Waals surface area contributed by atoms with E-state index in [2.05, 4.69) is 41.5 Å². The van der Waals surface area contributed by atoms with Crippen molar-refractivity contribution in [1.29, 1.82) is 0 Å². The van der Waals surface area contributed by atoms with Gasteiger partial charge in [-0.3, -0.25) is 0 Å². The van der Waals surface area contributed by atoms with Gasteiger partial charge >= 0.3 is 0 Å². The molecule has 0 aromatic rings. The van der Waals surface area contributed by atoms with Gasteiger partial charge in [-0.15, -0.1) is 0 Å². The van der Waals surface area contributed by atoms with Gasteiger partial charge in [0.25, 0.3) is 0 Å². The monoisotopic (exact) mass is 414 g/mol. The topological polar surface area (TPSA) is 20.2 Å². The largest absolute Gasteiger partial charge is 0.393 e. The molecule has 0 amide bonds. The molecule has 172 valence electrons. The van der Waals surface area contributed by atoms with E-state index in [4.69, 9.17) is 0 Å².